The Morgan fingerprint density at radius 2 is 1.82 bits per heavy atom. The van der Waals surface area contributed by atoms with E-state index in [1.54, 1.807) is 6.92 Å². The molecule has 0 radical (unpaired) electrons. The topological polar surface area (TPSA) is 38.3 Å². The van der Waals surface area contributed by atoms with Crippen LogP contribution in [-0.2, 0) is 4.79 Å². The van der Waals surface area contributed by atoms with E-state index in [4.69, 9.17) is 4.74 Å². The van der Waals surface area contributed by atoms with Crippen molar-refractivity contribution in [1.82, 2.24) is 5.32 Å². The Balaban J connectivity index is 2.57. The molecule has 1 aromatic carbocycles. The van der Waals surface area contributed by atoms with Crippen LogP contribution in [0.4, 0.5) is 0 Å². The molecule has 1 rings (SSSR count). The number of ether oxygens (including phenoxy) is 1. The summed E-state index contributed by atoms with van der Waals surface area (Å²) in [7, 11) is 0. The number of nitrogens with one attached hydrogen (secondary N) is 1. The normalized spacial score (nSPS) is 13.0. The van der Waals surface area contributed by atoms with Crippen LogP contribution in [0, 0.1) is 3.57 Å². The minimum absolute atomic E-state index is 0.101. The Morgan fingerprint density at radius 3 is 2.29 bits per heavy atom. The summed E-state index contributed by atoms with van der Waals surface area (Å²) >= 11 is 2.23. The fraction of sp³-hybridized carbons (Fsp3) is 0.462. The van der Waals surface area contributed by atoms with Crippen LogP contribution in [0.15, 0.2) is 24.3 Å². The first kappa shape index (κ1) is 14.3. The molecule has 0 aromatic heterocycles. The molecule has 0 aliphatic carbocycles. The Hall–Kier alpha value is -0.780. The smallest absolute Gasteiger partial charge is 0.261 e. The summed E-state index contributed by atoms with van der Waals surface area (Å²) in [6, 6.07) is 7.62. The van der Waals surface area contributed by atoms with Gasteiger partial charge in [0, 0.05) is 9.11 Å². The predicted molar refractivity (Wildman–Crippen MR) is 77.1 cm³/mol. The molecule has 17 heavy (non-hydrogen) atoms. The lowest BCUT2D eigenvalue weighted by molar-refractivity contribution is -0.128. The van der Waals surface area contributed by atoms with Gasteiger partial charge >= 0.3 is 0 Å². The molecule has 1 amide bonds. The van der Waals surface area contributed by atoms with Crippen molar-refractivity contribution in [2.24, 2.45) is 0 Å². The standard InChI is InChI=1S/C13H18INO2/c1-9(12(16)15-13(2,3)4)17-11-7-5-10(14)6-8-11/h5-9H,1-4H3,(H,15,16). The largest absolute Gasteiger partial charge is 0.481 e. The van der Waals surface area contributed by atoms with Crippen molar-refractivity contribution in [3.05, 3.63) is 27.8 Å². The monoisotopic (exact) mass is 347 g/mol. The van der Waals surface area contributed by atoms with Crippen molar-refractivity contribution in [1.29, 1.82) is 0 Å². The average molecular weight is 347 g/mol. The van der Waals surface area contributed by atoms with Crippen molar-refractivity contribution in [3.63, 3.8) is 0 Å². The highest BCUT2D eigenvalue weighted by Crippen LogP contribution is 2.15. The summed E-state index contributed by atoms with van der Waals surface area (Å²) < 4.78 is 6.70. The van der Waals surface area contributed by atoms with Crippen LogP contribution >= 0.6 is 22.6 Å². The van der Waals surface area contributed by atoms with E-state index < -0.39 is 6.10 Å². The molecule has 1 aromatic rings. The van der Waals surface area contributed by atoms with E-state index in [9.17, 15) is 4.79 Å². The lowest BCUT2D eigenvalue weighted by atomic mass is 10.1. The fourth-order valence-electron chi connectivity index (χ4n) is 1.24. The molecule has 4 heteroatoms. The van der Waals surface area contributed by atoms with Gasteiger partial charge in [-0.15, -0.1) is 0 Å². The highest BCUT2D eigenvalue weighted by molar-refractivity contribution is 14.1. The van der Waals surface area contributed by atoms with Crippen LogP contribution in [0.25, 0.3) is 0 Å². The Labute approximate surface area is 116 Å². The first-order valence-corrected chi connectivity index (χ1v) is 6.60. The van der Waals surface area contributed by atoms with Gasteiger partial charge in [0.05, 0.1) is 0 Å². The van der Waals surface area contributed by atoms with E-state index in [2.05, 4.69) is 27.9 Å². The second-order valence-corrected chi connectivity index (χ2v) is 6.20. The van der Waals surface area contributed by atoms with Crippen molar-refractivity contribution in [2.45, 2.75) is 39.3 Å². The number of benzene rings is 1. The van der Waals surface area contributed by atoms with E-state index in [1.165, 1.54) is 0 Å². The summed E-state index contributed by atoms with van der Waals surface area (Å²) in [4.78, 5) is 11.8. The number of rotatable bonds is 3. The van der Waals surface area contributed by atoms with Crippen LogP contribution in [0.1, 0.15) is 27.7 Å². The van der Waals surface area contributed by atoms with E-state index >= 15 is 0 Å². The van der Waals surface area contributed by atoms with E-state index in [-0.39, 0.29) is 11.4 Å². The number of carbonyl (C=O) groups excluding carboxylic acids is 1. The van der Waals surface area contributed by atoms with Gasteiger partial charge in [-0.1, -0.05) is 0 Å². The molecule has 0 aliphatic heterocycles. The minimum atomic E-state index is -0.491. The zero-order valence-electron chi connectivity index (χ0n) is 10.6. The number of halogens is 1. The van der Waals surface area contributed by atoms with Gasteiger partial charge in [0.1, 0.15) is 5.75 Å². The average Bonchev–Trinajstić information content (AvgIpc) is 2.19. The van der Waals surface area contributed by atoms with Crippen molar-refractivity contribution in [3.8, 4) is 5.75 Å². The van der Waals surface area contributed by atoms with Crippen LogP contribution in [0.2, 0.25) is 0 Å². The van der Waals surface area contributed by atoms with Gasteiger partial charge in [-0.3, -0.25) is 4.79 Å². The molecule has 3 nitrogen and oxygen atoms in total. The molecule has 1 unspecified atom stereocenters. The highest BCUT2D eigenvalue weighted by Gasteiger charge is 2.20. The second-order valence-electron chi connectivity index (χ2n) is 4.95. The van der Waals surface area contributed by atoms with Crippen LogP contribution in [0.5, 0.6) is 5.75 Å². The van der Waals surface area contributed by atoms with Crippen LogP contribution < -0.4 is 10.1 Å². The molecule has 0 aliphatic rings. The third-order valence-electron chi connectivity index (χ3n) is 1.99. The summed E-state index contributed by atoms with van der Waals surface area (Å²) in [5.41, 5.74) is -0.235. The SMILES string of the molecule is CC(Oc1ccc(I)cc1)C(=O)NC(C)(C)C. The third-order valence-corrected chi connectivity index (χ3v) is 2.71. The molecule has 1 atom stereocenters. The first-order chi connectivity index (χ1) is 7.78. The lowest BCUT2D eigenvalue weighted by Crippen LogP contribution is -2.46. The predicted octanol–water partition coefficient (Wildman–Crippen LogP) is 2.97. The fourth-order valence-corrected chi connectivity index (χ4v) is 1.60. The van der Waals surface area contributed by atoms with Crippen molar-refractivity contribution < 1.29 is 9.53 Å². The highest BCUT2D eigenvalue weighted by atomic mass is 127. The van der Waals surface area contributed by atoms with Gasteiger partial charge in [-0.2, -0.15) is 0 Å². The maximum absolute atomic E-state index is 11.8. The Bertz CT molecular complexity index is 381. The molecule has 0 spiro atoms. The Morgan fingerprint density at radius 1 is 1.29 bits per heavy atom. The summed E-state index contributed by atoms with van der Waals surface area (Å²) in [6.07, 6.45) is -0.491. The van der Waals surface area contributed by atoms with Gasteiger partial charge in [0.2, 0.25) is 0 Å². The van der Waals surface area contributed by atoms with Gasteiger partial charge in [0.15, 0.2) is 6.10 Å². The van der Waals surface area contributed by atoms with E-state index in [0.29, 0.717) is 5.75 Å². The summed E-state index contributed by atoms with van der Waals surface area (Å²) in [5.74, 6) is 0.609. The summed E-state index contributed by atoms with van der Waals surface area (Å²) in [5, 5.41) is 2.89. The molecule has 0 saturated heterocycles. The molecule has 0 heterocycles. The number of hydrogen-bond donors (Lipinski definition) is 1. The zero-order valence-corrected chi connectivity index (χ0v) is 12.7. The number of carbonyl (C=O) groups is 1. The molecule has 0 saturated carbocycles. The second kappa shape index (κ2) is 5.71. The first-order valence-electron chi connectivity index (χ1n) is 5.52. The molecule has 1 N–H and O–H groups in total. The number of amides is 1. The lowest BCUT2D eigenvalue weighted by Gasteiger charge is -2.23. The van der Waals surface area contributed by atoms with E-state index in [0.717, 1.165) is 3.57 Å². The van der Waals surface area contributed by atoms with Gasteiger partial charge < -0.3 is 10.1 Å². The van der Waals surface area contributed by atoms with Gasteiger partial charge in [0.25, 0.3) is 5.91 Å². The van der Waals surface area contributed by atoms with Gasteiger partial charge in [-0.25, -0.2) is 0 Å². The third kappa shape index (κ3) is 5.39. The molecular weight excluding hydrogens is 329 g/mol. The quantitative estimate of drug-likeness (QED) is 0.854. The van der Waals surface area contributed by atoms with Crippen LogP contribution in [0.3, 0.4) is 0 Å². The van der Waals surface area contributed by atoms with Crippen molar-refractivity contribution >= 4 is 28.5 Å². The van der Waals surface area contributed by atoms with Crippen molar-refractivity contribution in [2.75, 3.05) is 0 Å². The van der Waals surface area contributed by atoms with Gasteiger partial charge in [-0.05, 0) is 74.6 Å². The van der Waals surface area contributed by atoms with E-state index in [1.807, 2.05) is 45.0 Å². The molecular formula is C13H18INO2. The zero-order chi connectivity index (χ0) is 13.1. The number of hydrogen-bond acceptors (Lipinski definition) is 2. The molecule has 0 bridgehead atoms. The van der Waals surface area contributed by atoms with Crippen LogP contribution in [-0.4, -0.2) is 17.6 Å². The molecule has 94 valence electrons. The minimum Gasteiger partial charge on any atom is -0.481 e. The maximum Gasteiger partial charge on any atom is 0.261 e. The Kier molecular flexibility index (Phi) is 4.80. The summed E-state index contributed by atoms with van der Waals surface area (Å²) in [6.45, 7) is 7.59. The maximum atomic E-state index is 11.8. The molecule has 0 fully saturated rings.